The van der Waals surface area contributed by atoms with Gasteiger partial charge in [-0.05, 0) is 18.6 Å². The summed E-state index contributed by atoms with van der Waals surface area (Å²) in [6.45, 7) is 1.73. The Balaban J connectivity index is 2.14. The summed E-state index contributed by atoms with van der Waals surface area (Å²) < 4.78 is 5.21. The lowest BCUT2D eigenvalue weighted by Gasteiger charge is -2.11. The van der Waals surface area contributed by atoms with E-state index in [9.17, 15) is 14.9 Å². The standard InChI is InChI=1S/C12H16N4O4/c13-15-10-3-1-2-9(11(10)16(18)19)12(17)14-6-8-4-5-20-7-8/h1-3,8,15H,4-7,13H2,(H,14,17). The highest BCUT2D eigenvalue weighted by molar-refractivity contribution is 6.00. The molecule has 0 bridgehead atoms. The first-order valence-electron chi connectivity index (χ1n) is 6.23. The molecule has 0 radical (unpaired) electrons. The van der Waals surface area contributed by atoms with E-state index in [-0.39, 0.29) is 22.9 Å². The normalized spacial score (nSPS) is 17.8. The Hall–Kier alpha value is -2.19. The molecule has 1 aliphatic heterocycles. The molecule has 0 aliphatic carbocycles. The lowest BCUT2D eigenvalue weighted by molar-refractivity contribution is -0.384. The Labute approximate surface area is 115 Å². The highest BCUT2D eigenvalue weighted by Gasteiger charge is 2.25. The van der Waals surface area contributed by atoms with Gasteiger partial charge < -0.3 is 15.5 Å². The van der Waals surface area contributed by atoms with Crippen LogP contribution in [0.25, 0.3) is 0 Å². The van der Waals surface area contributed by atoms with Crippen LogP contribution in [0.2, 0.25) is 0 Å². The fourth-order valence-corrected chi connectivity index (χ4v) is 2.12. The van der Waals surface area contributed by atoms with Crippen LogP contribution in [-0.2, 0) is 4.74 Å². The topological polar surface area (TPSA) is 120 Å². The van der Waals surface area contributed by atoms with Crippen molar-refractivity contribution >= 4 is 17.3 Å². The van der Waals surface area contributed by atoms with E-state index in [1.54, 1.807) is 0 Å². The molecular formula is C12H16N4O4. The number of anilines is 1. The van der Waals surface area contributed by atoms with Crippen molar-refractivity contribution in [1.29, 1.82) is 0 Å². The maximum Gasteiger partial charge on any atom is 0.306 e. The minimum atomic E-state index is -0.622. The van der Waals surface area contributed by atoms with Crippen molar-refractivity contribution in [2.45, 2.75) is 6.42 Å². The van der Waals surface area contributed by atoms with Crippen molar-refractivity contribution < 1.29 is 14.5 Å². The summed E-state index contributed by atoms with van der Waals surface area (Å²) in [6, 6.07) is 4.38. The number of benzene rings is 1. The van der Waals surface area contributed by atoms with Gasteiger partial charge in [0.1, 0.15) is 11.3 Å². The van der Waals surface area contributed by atoms with Gasteiger partial charge in [0.05, 0.1) is 11.5 Å². The van der Waals surface area contributed by atoms with Crippen LogP contribution < -0.4 is 16.6 Å². The molecular weight excluding hydrogens is 264 g/mol. The second kappa shape index (κ2) is 6.31. The van der Waals surface area contributed by atoms with Crippen molar-refractivity contribution in [3.8, 4) is 0 Å². The molecule has 1 heterocycles. The van der Waals surface area contributed by atoms with E-state index < -0.39 is 10.8 Å². The van der Waals surface area contributed by atoms with Crippen LogP contribution in [0.4, 0.5) is 11.4 Å². The van der Waals surface area contributed by atoms with Gasteiger partial charge in [-0.15, -0.1) is 0 Å². The van der Waals surface area contributed by atoms with E-state index in [4.69, 9.17) is 10.6 Å². The van der Waals surface area contributed by atoms with E-state index in [2.05, 4.69) is 10.7 Å². The summed E-state index contributed by atoms with van der Waals surface area (Å²) in [6.07, 6.45) is 0.882. The van der Waals surface area contributed by atoms with Crippen molar-refractivity contribution in [2.24, 2.45) is 11.8 Å². The summed E-state index contributed by atoms with van der Waals surface area (Å²) in [7, 11) is 0. The van der Waals surface area contributed by atoms with Gasteiger partial charge in [0.25, 0.3) is 5.91 Å². The fourth-order valence-electron chi connectivity index (χ4n) is 2.12. The summed E-state index contributed by atoms with van der Waals surface area (Å²) in [5.41, 5.74) is 2.00. The van der Waals surface area contributed by atoms with Crippen LogP contribution in [0.15, 0.2) is 18.2 Å². The highest BCUT2D eigenvalue weighted by atomic mass is 16.6. The second-order valence-electron chi connectivity index (χ2n) is 4.54. The molecule has 1 aromatic carbocycles. The summed E-state index contributed by atoms with van der Waals surface area (Å²) >= 11 is 0. The molecule has 1 amide bonds. The maximum absolute atomic E-state index is 12.1. The predicted molar refractivity (Wildman–Crippen MR) is 72.2 cm³/mol. The highest BCUT2D eigenvalue weighted by Crippen LogP contribution is 2.27. The van der Waals surface area contributed by atoms with Gasteiger partial charge in [-0.2, -0.15) is 0 Å². The zero-order valence-electron chi connectivity index (χ0n) is 10.8. The minimum absolute atomic E-state index is 0.00985. The first-order chi connectivity index (χ1) is 9.63. The average Bonchev–Trinajstić information content (AvgIpc) is 2.96. The maximum atomic E-state index is 12.1. The summed E-state index contributed by atoms with van der Waals surface area (Å²) in [5.74, 6) is 5.00. The number of hydrogen-bond acceptors (Lipinski definition) is 6. The molecule has 0 aromatic heterocycles. The van der Waals surface area contributed by atoms with Gasteiger partial charge in [0.2, 0.25) is 0 Å². The molecule has 8 nitrogen and oxygen atoms in total. The fraction of sp³-hybridized carbons (Fsp3) is 0.417. The SMILES string of the molecule is NNc1cccc(C(=O)NCC2CCOC2)c1[N+](=O)[O-]. The van der Waals surface area contributed by atoms with Gasteiger partial charge in [-0.1, -0.05) is 6.07 Å². The zero-order chi connectivity index (χ0) is 14.5. The summed E-state index contributed by atoms with van der Waals surface area (Å²) in [4.78, 5) is 22.5. The van der Waals surface area contributed by atoms with Gasteiger partial charge in [-0.3, -0.25) is 20.8 Å². The van der Waals surface area contributed by atoms with Crippen LogP contribution in [0.1, 0.15) is 16.8 Å². The molecule has 1 aliphatic rings. The van der Waals surface area contributed by atoms with Crippen LogP contribution in [-0.4, -0.2) is 30.6 Å². The number of carbonyl (C=O) groups is 1. The van der Waals surface area contributed by atoms with Gasteiger partial charge in [0, 0.05) is 19.1 Å². The van der Waals surface area contributed by atoms with Gasteiger partial charge in [0.15, 0.2) is 0 Å². The predicted octanol–water partition coefficient (Wildman–Crippen LogP) is 0.647. The number of nitrogen functional groups attached to an aromatic ring is 1. The third-order valence-corrected chi connectivity index (χ3v) is 3.19. The average molecular weight is 280 g/mol. The molecule has 2 rings (SSSR count). The van der Waals surface area contributed by atoms with Crippen LogP contribution >= 0.6 is 0 Å². The number of nitro benzene ring substituents is 1. The monoisotopic (exact) mass is 280 g/mol. The number of nitrogens with zero attached hydrogens (tertiary/aromatic N) is 1. The van der Waals surface area contributed by atoms with E-state index in [0.29, 0.717) is 19.8 Å². The molecule has 1 fully saturated rings. The molecule has 0 spiro atoms. The molecule has 0 saturated carbocycles. The smallest absolute Gasteiger partial charge is 0.306 e. The minimum Gasteiger partial charge on any atom is -0.381 e. The second-order valence-corrected chi connectivity index (χ2v) is 4.54. The Morgan fingerprint density at radius 1 is 1.55 bits per heavy atom. The summed E-state index contributed by atoms with van der Waals surface area (Å²) in [5, 5.41) is 13.8. The van der Waals surface area contributed by atoms with Crippen molar-refractivity contribution in [3.05, 3.63) is 33.9 Å². The third kappa shape index (κ3) is 3.03. The first kappa shape index (κ1) is 14.2. The quantitative estimate of drug-likeness (QED) is 0.414. The van der Waals surface area contributed by atoms with E-state index in [1.165, 1.54) is 18.2 Å². The molecule has 1 saturated heterocycles. The Morgan fingerprint density at radius 3 is 2.95 bits per heavy atom. The van der Waals surface area contributed by atoms with Crippen LogP contribution in [0.3, 0.4) is 0 Å². The Morgan fingerprint density at radius 2 is 2.35 bits per heavy atom. The number of para-hydroxylation sites is 1. The molecule has 108 valence electrons. The number of carbonyl (C=O) groups excluding carboxylic acids is 1. The number of nitrogens with two attached hydrogens (primary N) is 1. The lowest BCUT2D eigenvalue weighted by Crippen LogP contribution is -2.30. The lowest BCUT2D eigenvalue weighted by atomic mass is 10.1. The molecule has 20 heavy (non-hydrogen) atoms. The van der Waals surface area contributed by atoms with Crippen LogP contribution in [0.5, 0.6) is 0 Å². The Kier molecular flexibility index (Phi) is 4.49. The van der Waals surface area contributed by atoms with Crippen molar-refractivity contribution in [1.82, 2.24) is 5.32 Å². The third-order valence-electron chi connectivity index (χ3n) is 3.19. The van der Waals surface area contributed by atoms with Crippen molar-refractivity contribution in [3.63, 3.8) is 0 Å². The first-order valence-corrected chi connectivity index (χ1v) is 6.23. The molecule has 1 atom stereocenters. The largest absolute Gasteiger partial charge is 0.381 e. The molecule has 8 heteroatoms. The number of hydrazine groups is 1. The number of nitro groups is 1. The number of rotatable bonds is 5. The number of nitrogens with one attached hydrogen (secondary N) is 2. The van der Waals surface area contributed by atoms with E-state index >= 15 is 0 Å². The number of amides is 1. The Bertz CT molecular complexity index is 514. The van der Waals surface area contributed by atoms with Gasteiger partial charge >= 0.3 is 5.69 Å². The van der Waals surface area contributed by atoms with Gasteiger partial charge in [-0.25, -0.2) is 0 Å². The molecule has 1 aromatic rings. The van der Waals surface area contributed by atoms with E-state index in [1.807, 2.05) is 0 Å². The number of ether oxygens (including phenoxy) is 1. The van der Waals surface area contributed by atoms with E-state index in [0.717, 1.165) is 6.42 Å². The number of hydrogen-bond donors (Lipinski definition) is 3. The molecule has 1 unspecified atom stereocenters. The zero-order valence-corrected chi connectivity index (χ0v) is 10.8. The van der Waals surface area contributed by atoms with Crippen molar-refractivity contribution in [2.75, 3.05) is 25.2 Å². The molecule has 4 N–H and O–H groups in total. The van der Waals surface area contributed by atoms with Crippen LogP contribution in [0, 0.1) is 16.0 Å².